The fourth-order valence-corrected chi connectivity index (χ4v) is 2.49. The van der Waals surface area contributed by atoms with Gasteiger partial charge in [0, 0.05) is 18.8 Å². The van der Waals surface area contributed by atoms with Crippen LogP contribution in [0.4, 0.5) is 0 Å². The maximum absolute atomic E-state index is 12.1. The fraction of sp³-hybridized carbons (Fsp3) is 0.500. The number of hydrogen-bond donors (Lipinski definition) is 2. The maximum atomic E-state index is 12.1. The lowest BCUT2D eigenvalue weighted by atomic mass is 10.3. The Bertz CT molecular complexity index is 731. The number of hydrogen-bond acceptors (Lipinski definition) is 4. The highest BCUT2D eigenvalue weighted by Crippen LogP contribution is 2.03. The Balaban J connectivity index is 1.76. The number of carbonyl (C=O) groups excluding carboxylic acids is 2. The fourth-order valence-electron chi connectivity index (χ4n) is 2.49. The van der Waals surface area contributed by atoms with E-state index in [0.717, 1.165) is 17.1 Å². The summed E-state index contributed by atoms with van der Waals surface area (Å²) in [6, 6.07) is 3.69. The van der Waals surface area contributed by atoms with E-state index in [1.165, 1.54) is 0 Å². The molecule has 0 aromatic carbocycles. The van der Waals surface area contributed by atoms with Gasteiger partial charge in [0.1, 0.15) is 5.69 Å². The average Bonchev–Trinajstić information content (AvgIpc) is 3.06. The topological polar surface area (TPSA) is 93.8 Å². The van der Waals surface area contributed by atoms with Gasteiger partial charge in [-0.25, -0.2) is 0 Å². The van der Waals surface area contributed by atoms with Crippen LogP contribution in [-0.2, 0) is 17.9 Å². The predicted octanol–water partition coefficient (Wildman–Crippen LogP) is 0.571. The van der Waals surface area contributed by atoms with E-state index in [1.54, 1.807) is 10.7 Å². The van der Waals surface area contributed by atoms with Crippen molar-refractivity contribution in [3.05, 3.63) is 34.9 Å². The van der Waals surface area contributed by atoms with Crippen LogP contribution in [0, 0.1) is 20.8 Å². The molecule has 2 aromatic heterocycles. The van der Waals surface area contributed by atoms with Gasteiger partial charge in [-0.2, -0.15) is 10.2 Å². The molecule has 2 heterocycles. The van der Waals surface area contributed by atoms with Gasteiger partial charge in [-0.3, -0.25) is 19.0 Å². The standard InChI is InChI=1S/C16H24N6O2/c1-5-21-14(9-12(3)19-21)16(24)18-10-15(23)17-6-7-22-13(4)8-11(2)20-22/h8-9H,5-7,10H2,1-4H3,(H,17,23)(H,18,24). The summed E-state index contributed by atoms with van der Waals surface area (Å²) in [5.41, 5.74) is 3.24. The van der Waals surface area contributed by atoms with Gasteiger partial charge in [0.2, 0.25) is 5.91 Å². The van der Waals surface area contributed by atoms with Crippen LogP contribution in [0.1, 0.15) is 34.5 Å². The minimum Gasteiger partial charge on any atom is -0.353 e. The van der Waals surface area contributed by atoms with Crippen molar-refractivity contribution < 1.29 is 9.59 Å². The third kappa shape index (κ3) is 4.43. The van der Waals surface area contributed by atoms with Gasteiger partial charge in [-0.15, -0.1) is 0 Å². The second-order valence-corrected chi connectivity index (χ2v) is 5.67. The van der Waals surface area contributed by atoms with Crippen LogP contribution in [0.5, 0.6) is 0 Å². The van der Waals surface area contributed by atoms with E-state index >= 15 is 0 Å². The summed E-state index contributed by atoms with van der Waals surface area (Å²) >= 11 is 0. The largest absolute Gasteiger partial charge is 0.353 e. The lowest BCUT2D eigenvalue weighted by Crippen LogP contribution is -2.38. The second kappa shape index (κ2) is 7.76. The van der Waals surface area contributed by atoms with Gasteiger partial charge in [0.05, 0.1) is 24.5 Å². The number of rotatable bonds is 7. The molecule has 2 amide bonds. The van der Waals surface area contributed by atoms with Crippen molar-refractivity contribution >= 4 is 11.8 Å². The molecule has 8 nitrogen and oxygen atoms in total. The van der Waals surface area contributed by atoms with Crippen molar-refractivity contribution in [2.45, 2.75) is 40.8 Å². The van der Waals surface area contributed by atoms with E-state index in [9.17, 15) is 9.59 Å². The number of amides is 2. The number of nitrogens with one attached hydrogen (secondary N) is 2. The van der Waals surface area contributed by atoms with Crippen LogP contribution < -0.4 is 10.6 Å². The molecule has 0 unspecified atom stereocenters. The quantitative estimate of drug-likeness (QED) is 0.775. The van der Waals surface area contributed by atoms with E-state index in [4.69, 9.17) is 0 Å². The highest BCUT2D eigenvalue weighted by atomic mass is 16.2. The molecule has 0 radical (unpaired) electrons. The van der Waals surface area contributed by atoms with E-state index in [-0.39, 0.29) is 18.4 Å². The van der Waals surface area contributed by atoms with Crippen LogP contribution in [0.15, 0.2) is 12.1 Å². The lowest BCUT2D eigenvalue weighted by Gasteiger charge is -2.08. The SMILES string of the molecule is CCn1nc(C)cc1C(=O)NCC(=O)NCCn1nc(C)cc1C. The lowest BCUT2D eigenvalue weighted by molar-refractivity contribution is -0.120. The maximum Gasteiger partial charge on any atom is 0.269 e. The molecule has 0 aliphatic heterocycles. The summed E-state index contributed by atoms with van der Waals surface area (Å²) in [5, 5.41) is 13.9. The zero-order chi connectivity index (χ0) is 17.7. The molecule has 2 aromatic rings. The first-order valence-electron chi connectivity index (χ1n) is 8.01. The molecule has 24 heavy (non-hydrogen) atoms. The third-order valence-electron chi connectivity index (χ3n) is 3.59. The number of nitrogens with zero attached hydrogens (tertiary/aromatic N) is 4. The highest BCUT2D eigenvalue weighted by Gasteiger charge is 2.14. The Morgan fingerprint density at radius 2 is 1.71 bits per heavy atom. The first kappa shape index (κ1) is 17.7. The summed E-state index contributed by atoms with van der Waals surface area (Å²) in [5.74, 6) is -0.532. The molecule has 8 heteroatoms. The Kier molecular flexibility index (Phi) is 5.73. The van der Waals surface area contributed by atoms with Gasteiger partial charge in [-0.05, 0) is 39.8 Å². The van der Waals surface area contributed by atoms with Crippen molar-refractivity contribution in [3.8, 4) is 0 Å². The Labute approximate surface area is 141 Å². The van der Waals surface area contributed by atoms with Crippen molar-refractivity contribution in [3.63, 3.8) is 0 Å². The molecule has 0 aliphatic rings. The molecule has 0 spiro atoms. The van der Waals surface area contributed by atoms with Crippen molar-refractivity contribution in [1.29, 1.82) is 0 Å². The molecule has 0 atom stereocenters. The molecule has 0 aliphatic carbocycles. The minimum absolute atomic E-state index is 0.0656. The molecule has 0 saturated carbocycles. The first-order valence-corrected chi connectivity index (χ1v) is 8.01. The number of aryl methyl sites for hydroxylation is 4. The van der Waals surface area contributed by atoms with Gasteiger partial charge in [0.15, 0.2) is 0 Å². The zero-order valence-corrected chi connectivity index (χ0v) is 14.6. The molecule has 2 N–H and O–H groups in total. The Morgan fingerprint density at radius 1 is 1.04 bits per heavy atom. The third-order valence-corrected chi connectivity index (χ3v) is 3.59. The molecular weight excluding hydrogens is 308 g/mol. The van der Waals surface area contributed by atoms with Crippen molar-refractivity contribution in [2.24, 2.45) is 0 Å². The van der Waals surface area contributed by atoms with Gasteiger partial charge in [0.25, 0.3) is 5.91 Å². The summed E-state index contributed by atoms with van der Waals surface area (Å²) < 4.78 is 3.46. The minimum atomic E-state index is -0.300. The van der Waals surface area contributed by atoms with Gasteiger partial charge in [-0.1, -0.05) is 0 Å². The Hall–Kier alpha value is -2.64. The molecule has 2 rings (SSSR count). The second-order valence-electron chi connectivity index (χ2n) is 5.67. The van der Waals surface area contributed by atoms with E-state index in [1.807, 2.05) is 38.4 Å². The van der Waals surface area contributed by atoms with Crippen LogP contribution in [0.25, 0.3) is 0 Å². The number of aromatic nitrogens is 4. The van der Waals surface area contributed by atoms with Crippen molar-refractivity contribution in [2.75, 3.05) is 13.1 Å². The van der Waals surface area contributed by atoms with E-state index in [0.29, 0.717) is 25.3 Å². The van der Waals surface area contributed by atoms with E-state index in [2.05, 4.69) is 20.8 Å². The van der Waals surface area contributed by atoms with E-state index < -0.39 is 0 Å². The van der Waals surface area contributed by atoms with Crippen LogP contribution >= 0.6 is 0 Å². The zero-order valence-electron chi connectivity index (χ0n) is 14.6. The van der Waals surface area contributed by atoms with Gasteiger partial charge < -0.3 is 10.6 Å². The monoisotopic (exact) mass is 332 g/mol. The summed E-state index contributed by atoms with van der Waals surface area (Å²) in [7, 11) is 0. The molecule has 0 saturated heterocycles. The summed E-state index contributed by atoms with van der Waals surface area (Å²) in [4.78, 5) is 24.0. The Morgan fingerprint density at radius 3 is 2.33 bits per heavy atom. The van der Waals surface area contributed by atoms with Crippen LogP contribution in [0.2, 0.25) is 0 Å². The number of carbonyl (C=O) groups is 2. The molecule has 0 fully saturated rings. The molecule has 130 valence electrons. The normalized spacial score (nSPS) is 10.7. The van der Waals surface area contributed by atoms with Gasteiger partial charge >= 0.3 is 0 Å². The average molecular weight is 332 g/mol. The first-order chi connectivity index (χ1) is 11.4. The van der Waals surface area contributed by atoms with Crippen molar-refractivity contribution in [1.82, 2.24) is 30.2 Å². The highest BCUT2D eigenvalue weighted by molar-refractivity contribution is 5.95. The molecule has 0 bridgehead atoms. The molecular formula is C16H24N6O2. The predicted molar refractivity (Wildman–Crippen MR) is 89.7 cm³/mol. The smallest absolute Gasteiger partial charge is 0.269 e. The summed E-state index contributed by atoms with van der Waals surface area (Å²) in [6.45, 7) is 9.24. The van der Waals surface area contributed by atoms with Crippen LogP contribution in [-0.4, -0.2) is 44.5 Å². The van der Waals surface area contributed by atoms with Crippen LogP contribution in [0.3, 0.4) is 0 Å². The summed E-state index contributed by atoms with van der Waals surface area (Å²) in [6.07, 6.45) is 0.